The van der Waals surface area contributed by atoms with E-state index in [4.69, 9.17) is 5.73 Å². The molecule has 2 N–H and O–H groups in total. The Labute approximate surface area is 129 Å². The molecule has 0 bridgehead atoms. The van der Waals surface area contributed by atoms with Gasteiger partial charge in [-0.15, -0.1) is 0 Å². The largest absolute Gasteiger partial charge is 0.327 e. The van der Waals surface area contributed by atoms with E-state index in [1.54, 1.807) is 6.92 Å². The van der Waals surface area contributed by atoms with Gasteiger partial charge in [-0.25, -0.2) is 8.42 Å². The van der Waals surface area contributed by atoms with Crippen LogP contribution in [0.15, 0.2) is 30.3 Å². The molecule has 0 aliphatic rings. The zero-order valence-corrected chi connectivity index (χ0v) is 14.3. The van der Waals surface area contributed by atoms with Crippen molar-refractivity contribution in [3.63, 3.8) is 0 Å². The quantitative estimate of drug-likeness (QED) is 0.760. The van der Waals surface area contributed by atoms with Crippen molar-refractivity contribution in [2.45, 2.75) is 52.0 Å². The van der Waals surface area contributed by atoms with Crippen molar-refractivity contribution in [1.29, 1.82) is 0 Å². The second-order valence-electron chi connectivity index (χ2n) is 5.86. The van der Waals surface area contributed by atoms with Crippen molar-refractivity contribution in [3.05, 3.63) is 35.9 Å². The van der Waals surface area contributed by atoms with Crippen LogP contribution in [0.25, 0.3) is 0 Å². The summed E-state index contributed by atoms with van der Waals surface area (Å²) in [6.07, 6.45) is 2.47. The molecule has 3 nitrogen and oxygen atoms in total. The van der Waals surface area contributed by atoms with Crippen LogP contribution in [0.1, 0.15) is 51.5 Å². The molecule has 1 rings (SSSR count). The molecule has 0 radical (unpaired) electrons. The van der Waals surface area contributed by atoms with E-state index in [-0.39, 0.29) is 17.5 Å². The minimum Gasteiger partial charge on any atom is -0.327 e. The Hall–Kier alpha value is -0.870. The van der Waals surface area contributed by atoms with Crippen molar-refractivity contribution >= 4 is 9.84 Å². The van der Waals surface area contributed by atoms with Gasteiger partial charge in [0.1, 0.15) is 9.84 Å². The van der Waals surface area contributed by atoms with Crippen LogP contribution >= 0.6 is 0 Å². The molecule has 1 aromatic carbocycles. The summed E-state index contributed by atoms with van der Waals surface area (Å²) in [5.41, 5.74) is 7.66. The van der Waals surface area contributed by atoms with E-state index < -0.39 is 9.84 Å². The summed E-state index contributed by atoms with van der Waals surface area (Å²) < 4.78 is 23.1. The first-order valence-corrected chi connectivity index (χ1v) is 9.74. The number of sulfone groups is 1. The summed E-state index contributed by atoms with van der Waals surface area (Å²) in [7, 11) is -2.89. The fourth-order valence-electron chi connectivity index (χ4n) is 2.79. The number of rotatable bonds is 9. The van der Waals surface area contributed by atoms with E-state index in [1.165, 1.54) is 5.56 Å². The van der Waals surface area contributed by atoms with E-state index in [1.807, 2.05) is 18.2 Å². The molecule has 0 aliphatic heterocycles. The van der Waals surface area contributed by atoms with Crippen LogP contribution < -0.4 is 5.73 Å². The van der Waals surface area contributed by atoms with Gasteiger partial charge < -0.3 is 5.73 Å². The molecule has 0 saturated carbocycles. The molecular formula is C17H29NO2S. The van der Waals surface area contributed by atoms with Crippen LogP contribution in [-0.2, 0) is 9.84 Å². The zero-order chi connectivity index (χ0) is 15.9. The lowest BCUT2D eigenvalue weighted by Gasteiger charge is -2.29. The summed E-state index contributed by atoms with van der Waals surface area (Å²) >= 11 is 0. The fourth-order valence-corrected chi connectivity index (χ4v) is 3.68. The highest BCUT2D eigenvalue weighted by Gasteiger charge is 2.24. The second kappa shape index (κ2) is 8.54. The van der Waals surface area contributed by atoms with Crippen molar-refractivity contribution in [1.82, 2.24) is 0 Å². The highest BCUT2D eigenvalue weighted by Crippen LogP contribution is 2.31. The van der Waals surface area contributed by atoms with Gasteiger partial charge in [0.25, 0.3) is 0 Å². The minimum atomic E-state index is -2.89. The average molecular weight is 311 g/mol. The summed E-state index contributed by atoms with van der Waals surface area (Å²) in [5, 5.41) is 0. The van der Waals surface area contributed by atoms with E-state index in [2.05, 4.69) is 26.0 Å². The summed E-state index contributed by atoms with van der Waals surface area (Å²) in [5.74, 6) is 1.25. The van der Waals surface area contributed by atoms with Gasteiger partial charge in [0, 0.05) is 17.7 Å². The van der Waals surface area contributed by atoms with Crippen molar-refractivity contribution in [2.24, 2.45) is 11.7 Å². The molecule has 1 aromatic rings. The van der Waals surface area contributed by atoms with E-state index in [9.17, 15) is 8.42 Å². The monoisotopic (exact) mass is 311 g/mol. The molecule has 0 heterocycles. The van der Waals surface area contributed by atoms with Crippen LogP contribution in [0, 0.1) is 5.92 Å². The fraction of sp³-hybridized carbons (Fsp3) is 0.647. The lowest BCUT2D eigenvalue weighted by Crippen LogP contribution is -2.33. The zero-order valence-electron chi connectivity index (χ0n) is 13.5. The van der Waals surface area contributed by atoms with Crippen LogP contribution in [0.4, 0.5) is 0 Å². The van der Waals surface area contributed by atoms with Gasteiger partial charge in [0.15, 0.2) is 0 Å². The average Bonchev–Trinajstić information content (AvgIpc) is 2.48. The van der Waals surface area contributed by atoms with Crippen molar-refractivity contribution in [3.8, 4) is 0 Å². The molecular weight excluding hydrogens is 282 g/mol. The summed E-state index contributed by atoms with van der Waals surface area (Å²) in [4.78, 5) is 0. The Morgan fingerprint density at radius 1 is 1.14 bits per heavy atom. The molecule has 3 unspecified atom stereocenters. The van der Waals surface area contributed by atoms with Crippen LogP contribution in [-0.4, -0.2) is 26.0 Å². The molecule has 4 heteroatoms. The van der Waals surface area contributed by atoms with Crippen molar-refractivity contribution < 1.29 is 8.42 Å². The molecule has 0 aliphatic carbocycles. The second-order valence-corrected chi connectivity index (χ2v) is 8.34. The lowest BCUT2D eigenvalue weighted by atomic mass is 9.79. The Bertz CT molecular complexity index is 499. The lowest BCUT2D eigenvalue weighted by molar-refractivity contribution is 0.367. The maximum atomic E-state index is 11.6. The van der Waals surface area contributed by atoms with E-state index in [0.29, 0.717) is 18.3 Å². The third kappa shape index (κ3) is 5.79. The highest BCUT2D eigenvalue weighted by atomic mass is 32.2. The molecule has 0 spiro atoms. The smallest absolute Gasteiger partial charge is 0.150 e. The topological polar surface area (TPSA) is 60.2 Å². The maximum absolute atomic E-state index is 11.6. The van der Waals surface area contributed by atoms with Gasteiger partial charge >= 0.3 is 0 Å². The molecule has 21 heavy (non-hydrogen) atoms. The predicted molar refractivity (Wildman–Crippen MR) is 90.2 cm³/mol. The Morgan fingerprint density at radius 3 is 2.29 bits per heavy atom. The van der Waals surface area contributed by atoms with Gasteiger partial charge in [0.2, 0.25) is 0 Å². The first-order valence-electron chi connectivity index (χ1n) is 7.92. The van der Waals surface area contributed by atoms with Gasteiger partial charge in [-0.05, 0) is 24.3 Å². The first kappa shape index (κ1) is 18.2. The molecule has 0 fully saturated rings. The molecule has 0 amide bonds. The third-order valence-electron chi connectivity index (χ3n) is 4.34. The summed E-state index contributed by atoms with van der Waals surface area (Å²) in [6, 6.07) is 10.3. The third-order valence-corrected chi connectivity index (χ3v) is 6.13. The normalized spacial score (nSPS) is 16.4. The van der Waals surface area contributed by atoms with Gasteiger partial charge in [-0.3, -0.25) is 0 Å². The van der Waals surface area contributed by atoms with Gasteiger partial charge in [-0.2, -0.15) is 0 Å². The van der Waals surface area contributed by atoms with Gasteiger partial charge in [-0.1, -0.05) is 57.5 Å². The van der Waals surface area contributed by atoms with E-state index >= 15 is 0 Å². The Kier molecular flexibility index (Phi) is 7.40. The van der Waals surface area contributed by atoms with Crippen LogP contribution in [0.2, 0.25) is 0 Å². The van der Waals surface area contributed by atoms with Crippen molar-refractivity contribution in [2.75, 3.05) is 11.5 Å². The summed E-state index contributed by atoms with van der Waals surface area (Å²) in [6.45, 7) is 6.09. The maximum Gasteiger partial charge on any atom is 0.150 e. The molecule has 0 saturated heterocycles. The molecule has 3 atom stereocenters. The van der Waals surface area contributed by atoms with E-state index in [0.717, 1.165) is 12.8 Å². The SMILES string of the molecule is CCC(C)C(c1ccccc1)C(N)CCCS(=O)(=O)CC. The van der Waals surface area contributed by atoms with Gasteiger partial charge in [0.05, 0.1) is 5.75 Å². The van der Waals surface area contributed by atoms with Crippen LogP contribution in [0.5, 0.6) is 0 Å². The number of benzene rings is 1. The Balaban J connectivity index is 2.71. The number of hydrogen-bond donors (Lipinski definition) is 1. The number of nitrogens with two attached hydrogens (primary N) is 1. The Morgan fingerprint density at radius 2 is 1.76 bits per heavy atom. The molecule has 120 valence electrons. The number of hydrogen-bond acceptors (Lipinski definition) is 3. The standard InChI is InChI=1S/C17H29NO2S/c1-4-14(3)17(15-10-7-6-8-11-15)16(18)12-9-13-21(19,20)5-2/h6-8,10-11,14,16-17H,4-5,9,12-13,18H2,1-3H3. The predicted octanol–water partition coefficient (Wildman–Crippen LogP) is 3.36. The molecule has 0 aromatic heterocycles. The van der Waals surface area contributed by atoms with Crippen LogP contribution in [0.3, 0.4) is 0 Å². The highest BCUT2D eigenvalue weighted by molar-refractivity contribution is 7.91. The minimum absolute atomic E-state index is 0.00871. The first-order chi connectivity index (χ1) is 9.91.